The zero-order valence-corrected chi connectivity index (χ0v) is 20.4. The van der Waals surface area contributed by atoms with Crippen LogP contribution in [-0.2, 0) is 6.54 Å². The van der Waals surface area contributed by atoms with Crippen LogP contribution in [0, 0.1) is 0 Å². The summed E-state index contributed by atoms with van der Waals surface area (Å²) in [4.78, 5) is 15.7. The second kappa shape index (κ2) is 10.1. The van der Waals surface area contributed by atoms with E-state index in [0.29, 0.717) is 5.92 Å². The van der Waals surface area contributed by atoms with Gasteiger partial charge in [0.2, 0.25) is 0 Å². The first-order valence-corrected chi connectivity index (χ1v) is 13.1. The first kappa shape index (κ1) is 22.1. The Morgan fingerprint density at radius 2 is 1.60 bits per heavy atom. The van der Waals surface area contributed by atoms with E-state index in [1.165, 1.54) is 24.1 Å². The lowest BCUT2D eigenvalue weighted by atomic mass is 10.2. The van der Waals surface area contributed by atoms with Crippen molar-refractivity contribution in [2.75, 3.05) is 36.4 Å². The van der Waals surface area contributed by atoms with Crippen molar-refractivity contribution in [3.05, 3.63) is 84.1 Å². The van der Waals surface area contributed by atoms with Crippen molar-refractivity contribution in [2.24, 2.45) is 0 Å². The Bertz CT molecular complexity index is 1250. The van der Waals surface area contributed by atoms with E-state index in [1.807, 2.05) is 24.3 Å². The molecule has 0 unspecified atom stereocenters. The molecule has 178 valence electrons. The van der Waals surface area contributed by atoms with Crippen molar-refractivity contribution < 1.29 is 0 Å². The normalized spacial score (nSPS) is 16.4. The third kappa shape index (κ3) is 5.66. The molecule has 3 heterocycles. The van der Waals surface area contributed by atoms with Gasteiger partial charge < -0.3 is 10.2 Å². The van der Waals surface area contributed by atoms with E-state index in [9.17, 15) is 0 Å². The molecule has 4 aromatic rings. The fourth-order valence-corrected chi connectivity index (χ4v) is 5.18. The average Bonchev–Trinajstić information content (AvgIpc) is 3.64. The number of benzene rings is 2. The van der Waals surface area contributed by atoms with Gasteiger partial charge in [-0.25, -0.2) is 9.97 Å². The minimum absolute atomic E-state index is 0.635. The van der Waals surface area contributed by atoms with Gasteiger partial charge in [-0.05, 0) is 42.3 Å². The predicted octanol–water partition coefficient (Wildman–Crippen LogP) is 5.29. The molecule has 1 aliphatic heterocycles. The molecule has 35 heavy (non-hydrogen) atoms. The SMILES string of the molecule is c1ccc(CN2CCN(c3cc(Nc4cc(C5CC5)[nH]n4)nc(Sc4ccccc4)n3)CC2)cc1. The number of anilines is 3. The fourth-order valence-electron chi connectivity index (χ4n) is 4.39. The second-order valence-electron chi connectivity index (χ2n) is 9.17. The smallest absolute Gasteiger partial charge is 0.196 e. The lowest BCUT2D eigenvalue weighted by Crippen LogP contribution is -2.46. The molecule has 0 radical (unpaired) electrons. The van der Waals surface area contributed by atoms with E-state index in [1.54, 1.807) is 11.8 Å². The standard InChI is InChI=1S/C27H29N7S/c1-3-7-20(8-4-1)19-33-13-15-34(16-14-33)26-18-24(28-25-17-23(31-32-25)21-11-12-21)29-27(30-26)35-22-9-5-2-6-10-22/h1-10,17-18,21H,11-16,19H2,(H2,28,29,30,31,32). The first-order chi connectivity index (χ1) is 17.3. The number of aromatic amines is 1. The molecule has 1 saturated heterocycles. The first-order valence-electron chi connectivity index (χ1n) is 12.2. The summed E-state index contributed by atoms with van der Waals surface area (Å²) in [5, 5.41) is 11.8. The van der Waals surface area contributed by atoms with E-state index in [2.05, 4.69) is 73.8 Å². The van der Waals surface area contributed by atoms with Crippen molar-refractivity contribution >= 4 is 29.2 Å². The molecule has 1 aliphatic carbocycles. The van der Waals surface area contributed by atoms with Gasteiger partial charge in [-0.3, -0.25) is 10.00 Å². The van der Waals surface area contributed by atoms with Crippen LogP contribution in [0.3, 0.4) is 0 Å². The molecule has 2 aliphatic rings. The van der Waals surface area contributed by atoms with Crippen molar-refractivity contribution in [3.63, 3.8) is 0 Å². The van der Waals surface area contributed by atoms with Gasteiger partial charge in [0.15, 0.2) is 11.0 Å². The highest BCUT2D eigenvalue weighted by Crippen LogP contribution is 2.39. The molecule has 1 saturated carbocycles. The molecule has 2 aromatic heterocycles. The van der Waals surface area contributed by atoms with Crippen LogP contribution in [0.4, 0.5) is 17.5 Å². The molecule has 0 bridgehead atoms. The minimum atomic E-state index is 0.635. The Morgan fingerprint density at radius 3 is 2.34 bits per heavy atom. The van der Waals surface area contributed by atoms with E-state index >= 15 is 0 Å². The summed E-state index contributed by atoms with van der Waals surface area (Å²) in [6, 6.07) is 25.1. The molecule has 7 nitrogen and oxygen atoms in total. The molecular formula is C27H29N7S. The van der Waals surface area contributed by atoms with Gasteiger partial charge in [-0.2, -0.15) is 5.10 Å². The van der Waals surface area contributed by atoms with Crippen LogP contribution in [-0.4, -0.2) is 51.2 Å². The van der Waals surface area contributed by atoms with Gasteiger partial charge in [0.1, 0.15) is 11.6 Å². The molecular weight excluding hydrogens is 454 g/mol. The number of H-pyrrole nitrogens is 1. The third-order valence-electron chi connectivity index (χ3n) is 6.46. The highest BCUT2D eigenvalue weighted by molar-refractivity contribution is 7.99. The number of nitrogens with zero attached hydrogens (tertiary/aromatic N) is 5. The van der Waals surface area contributed by atoms with Crippen LogP contribution in [0.1, 0.15) is 30.0 Å². The molecule has 2 fully saturated rings. The maximum absolute atomic E-state index is 4.94. The maximum atomic E-state index is 4.94. The number of rotatable bonds is 8. The molecule has 8 heteroatoms. The Hall–Kier alpha value is -3.36. The van der Waals surface area contributed by atoms with Crippen molar-refractivity contribution in [2.45, 2.75) is 35.4 Å². The monoisotopic (exact) mass is 483 g/mol. The average molecular weight is 484 g/mol. The van der Waals surface area contributed by atoms with Crippen LogP contribution in [0.15, 0.2) is 82.8 Å². The molecule has 2 N–H and O–H groups in total. The molecule has 0 amide bonds. The largest absolute Gasteiger partial charge is 0.354 e. The van der Waals surface area contributed by atoms with Gasteiger partial charge in [0.25, 0.3) is 0 Å². The van der Waals surface area contributed by atoms with Crippen molar-refractivity contribution in [1.82, 2.24) is 25.1 Å². The molecule has 2 aromatic carbocycles. The topological polar surface area (TPSA) is 73.0 Å². The lowest BCUT2D eigenvalue weighted by molar-refractivity contribution is 0.249. The van der Waals surface area contributed by atoms with Gasteiger partial charge in [-0.15, -0.1) is 0 Å². The van der Waals surface area contributed by atoms with E-state index < -0.39 is 0 Å². The summed E-state index contributed by atoms with van der Waals surface area (Å²) < 4.78 is 0. The summed E-state index contributed by atoms with van der Waals surface area (Å²) in [5.74, 6) is 3.17. The summed E-state index contributed by atoms with van der Waals surface area (Å²) in [6.07, 6.45) is 2.49. The van der Waals surface area contributed by atoms with E-state index in [0.717, 1.165) is 60.2 Å². The number of aromatic nitrogens is 4. The van der Waals surface area contributed by atoms with Crippen LogP contribution in [0.2, 0.25) is 0 Å². The summed E-state index contributed by atoms with van der Waals surface area (Å²) in [6.45, 7) is 4.88. The quantitative estimate of drug-likeness (QED) is 0.330. The summed E-state index contributed by atoms with van der Waals surface area (Å²) in [5.41, 5.74) is 2.57. The maximum Gasteiger partial charge on any atom is 0.196 e. The van der Waals surface area contributed by atoms with Gasteiger partial charge in [0, 0.05) is 61.4 Å². The van der Waals surface area contributed by atoms with E-state index in [4.69, 9.17) is 9.97 Å². The van der Waals surface area contributed by atoms with Crippen LogP contribution >= 0.6 is 11.8 Å². The highest BCUT2D eigenvalue weighted by atomic mass is 32.2. The van der Waals surface area contributed by atoms with Crippen molar-refractivity contribution in [1.29, 1.82) is 0 Å². The number of hydrogen-bond acceptors (Lipinski definition) is 7. The predicted molar refractivity (Wildman–Crippen MR) is 140 cm³/mol. The van der Waals surface area contributed by atoms with Gasteiger partial charge >= 0.3 is 0 Å². The Morgan fingerprint density at radius 1 is 0.857 bits per heavy atom. The van der Waals surface area contributed by atoms with Crippen LogP contribution < -0.4 is 10.2 Å². The number of nitrogens with one attached hydrogen (secondary N) is 2. The zero-order valence-electron chi connectivity index (χ0n) is 19.6. The lowest BCUT2D eigenvalue weighted by Gasteiger charge is -2.35. The van der Waals surface area contributed by atoms with E-state index in [-0.39, 0.29) is 0 Å². The summed E-state index contributed by atoms with van der Waals surface area (Å²) in [7, 11) is 0. The Kier molecular flexibility index (Phi) is 6.38. The molecule has 0 spiro atoms. The Labute approximate surface area is 210 Å². The highest BCUT2D eigenvalue weighted by Gasteiger charge is 2.26. The van der Waals surface area contributed by atoms with Gasteiger partial charge in [0.05, 0.1) is 0 Å². The third-order valence-corrected chi connectivity index (χ3v) is 7.33. The van der Waals surface area contributed by atoms with Crippen LogP contribution in [0.5, 0.6) is 0 Å². The van der Waals surface area contributed by atoms with Crippen LogP contribution in [0.25, 0.3) is 0 Å². The van der Waals surface area contributed by atoms with Crippen molar-refractivity contribution in [3.8, 4) is 0 Å². The summed E-state index contributed by atoms with van der Waals surface area (Å²) >= 11 is 1.59. The minimum Gasteiger partial charge on any atom is -0.354 e. The zero-order chi connectivity index (χ0) is 23.5. The number of piperazine rings is 1. The van der Waals surface area contributed by atoms with Gasteiger partial charge in [-0.1, -0.05) is 48.5 Å². The molecule has 6 rings (SSSR count). The fraction of sp³-hybridized carbons (Fsp3) is 0.296. The number of hydrogen-bond donors (Lipinski definition) is 2. The second-order valence-corrected chi connectivity index (χ2v) is 10.2. The molecule has 0 atom stereocenters. The Balaban J connectivity index is 1.19.